The van der Waals surface area contributed by atoms with E-state index in [4.69, 9.17) is 10.5 Å². The largest absolute Gasteiger partial charge is 0.368 e. The first-order valence-electron chi connectivity index (χ1n) is 11.3. The molecule has 2 saturated heterocycles. The number of benzene rings is 1. The van der Waals surface area contributed by atoms with E-state index >= 15 is 0 Å². The normalized spacial score (nSPS) is 20.3. The number of aromatic nitrogens is 2. The first kappa shape index (κ1) is 22.4. The first-order chi connectivity index (χ1) is 15.5. The zero-order valence-electron chi connectivity index (χ0n) is 18.6. The molecule has 0 bridgehead atoms. The maximum Gasteiger partial charge on any atom is 0.248 e. The van der Waals surface area contributed by atoms with E-state index in [0.717, 1.165) is 31.1 Å². The van der Waals surface area contributed by atoms with Crippen molar-refractivity contribution >= 4 is 11.8 Å². The van der Waals surface area contributed by atoms with Crippen LogP contribution < -0.4 is 5.73 Å². The van der Waals surface area contributed by atoms with Crippen LogP contribution in [0.15, 0.2) is 36.7 Å². The first-order valence-corrected chi connectivity index (χ1v) is 11.3. The molecule has 2 aromatic rings. The van der Waals surface area contributed by atoms with Crippen molar-refractivity contribution in [3.05, 3.63) is 47.9 Å². The number of carbonyl (C=O) groups excluding carboxylic acids is 2. The number of ether oxygens (including phenoxy) is 1. The fourth-order valence-corrected chi connectivity index (χ4v) is 4.34. The Balaban J connectivity index is 1.42. The van der Waals surface area contributed by atoms with Crippen molar-refractivity contribution in [1.82, 2.24) is 19.8 Å². The molecule has 2 fully saturated rings. The van der Waals surface area contributed by atoms with Gasteiger partial charge in [-0.25, -0.2) is 0 Å². The lowest BCUT2D eigenvalue weighted by molar-refractivity contribution is -0.139. The molecule has 1 aromatic heterocycles. The zero-order chi connectivity index (χ0) is 22.5. The summed E-state index contributed by atoms with van der Waals surface area (Å²) in [5.41, 5.74) is 7.99. The van der Waals surface area contributed by atoms with Crippen molar-refractivity contribution < 1.29 is 14.3 Å². The molecule has 8 heteroatoms. The number of hydrogen-bond acceptors (Lipinski definition) is 6. The van der Waals surface area contributed by atoms with Gasteiger partial charge in [0.1, 0.15) is 6.10 Å². The fraction of sp³-hybridized carbons (Fsp3) is 0.500. The van der Waals surface area contributed by atoms with Crippen LogP contribution in [0, 0.1) is 5.92 Å². The molecule has 170 valence electrons. The summed E-state index contributed by atoms with van der Waals surface area (Å²) in [6, 6.07) is 6.96. The number of amides is 2. The standard InChI is InChI=1S/C24H31N5O3/c1-17-6-11-28(12-7-17)13-8-21(30)29-14-15-32-20(16-29)23-22(26-9-10-27-23)18-2-4-19(5-3-18)24(25)31/h2-5,9-10,17,20H,6-8,11-16H2,1H3,(H2,25,31)/t20-/m0/s1. The molecule has 4 rings (SSSR count). The summed E-state index contributed by atoms with van der Waals surface area (Å²) in [6.45, 7) is 6.79. The van der Waals surface area contributed by atoms with E-state index in [1.165, 1.54) is 12.8 Å². The Morgan fingerprint density at radius 3 is 2.53 bits per heavy atom. The van der Waals surface area contributed by atoms with Gasteiger partial charge in [0, 0.05) is 43.0 Å². The lowest BCUT2D eigenvalue weighted by atomic mass is 9.99. The molecule has 2 aliphatic rings. The third-order valence-electron chi connectivity index (χ3n) is 6.41. The van der Waals surface area contributed by atoms with Gasteiger partial charge in [0.15, 0.2) is 0 Å². The molecule has 1 atom stereocenters. The van der Waals surface area contributed by atoms with E-state index in [2.05, 4.69) is 21.8 Å². The van der Waals surface area contributed by atoms with E-state index in [1.807, 2.05) is 4.90 Å². The van der Waals surface area contributed by atoms with Gasteiger partial charge in [-0.15, -0.1) is 0 Å². The van der Waals surface area contributed by atoms with Gasteiger partial charge in [-0.3, -0.25) is 19.6 Å². The van der Waals surface area contributed by atoms with Crippen molar-refractivity contribution in [3.8, 4) is 11.3 Å². The van der Waals surface area contributed by atoms with Gasteiger partial charge in [-0.2, -0.15) is 0 Å². The minimum absolute atomic E-state index is 0.160. The van der Waals surface area contributed by atoms with Crippen molar-refractivity contribution in [2.75, 3.05) is 39.3 Å². The average Bonchev–Trinajstić information content (AvgIpc) is 2.83. The molecule has 2 aliphatic heterocycles. The second-order valence-electron chi connectivity index (χ2n) is 8.71. The zero-order valence-corrected chi connectivity index (χ0v) is 18.6. The van der Waals surface area contributed by atoms with Gasteiger partial charge in [0.2, 0.25) is 11.8 Å². The Morgan fingerprint density at radius 1 is 1.09 bits per heavy atom. The Labute approximate surface area is 188 Å². The molecule has 0 spiro atoms. The molecule has 2 N–H and O–H groups in total. The van der Waals surface area contributed by atoms with Crippen LogP contribution in [0.4, 0.5) is 0 Å². The van der Waals surface area contributed by atoms with E-state index < -0.39 is 5.91 Å². The second-order valence-corrected chi connectivity index (χ2v) is 8.71. The lowest BCUT2D eigenvalue weighted by Crippen LogP contribution is -2.44. The average molecular weight is 438 g/mol. The molecule has 32 heavy (non-hydrogen) atoms. The molecule has 3 heterocycles. The summed E-state index contributed by atoms with van der Waals surface area (Å²) in [7, 11) is 0. The van der Waals surface area contributed by atoms with Gasteiger partial charge in [-0.05, 0) is 44.0 Å². The maximum absolute atomic E-state index is 12.9. The summed E-state index contributed by atoms with van der Waals surface area (Å²) in [6.07, 6.45) is 5.88. The van der Waals surface area contributed by atoms with E-state index in [1.54, 1.807) is 36.7 Å². The van der Waals surface area contributed by atoms with Crippen LogP contribution in [-0.2, 0) is 9.53 Å². The number of carbonyl (C=O) groups is 2. The molecule has 0 saturated carbocycles. The predicted molar refractivity (Wildman–Crippen MR) is 121 cm³/mol. The Bertz CT molecular complexity index is 941. The third-order valence-corrected chi connectivity index (χ3v) is 6.41. The summed E-state index contributed by atoms with van der Waals surface area (Å²) >= 11 is 0. The van der Waals surface area contributed by atoms with Crippen molar-refractivity contribution in [1.29, 1.82) is 0 Å². The van der Waals surface area contributed by atoms with Crippen LogP contribution in [0.5, 0.6) is 0 Å². The van der Waals surface area contributed by atoms with Crippen LogP contribution in [0.2, 0.25) is 0 Å². The van der Waals surface area contributed by atoms with Crippen molar-refractivity contribution in [3.63, 3.8) is 0 Å². The molecule has 0 unspecified atom stereocenters. The van der Waals surface area contributed by atoms with E-state index in [0.29, 0.717) is 43.1 Å². The molecular weight excluding hydrogens is 406 g/mol. The quantitative estimate of drug-likeness (QED) is 0.744. The smallest absolute Gasteiger partial charge is 0.248 e. The minimum atomic E-state index is -0.472. The predicted octanol–water partition coefficient (Wildman–Crippen LogP) is 2.26. The van der Waals surface area contributed by atoms with Crippen LogP contribution in [-0.4, -0.2) is 70.9 Å². The number of hydrogen-bond donors (Lipinski definition) is 1. The summed E-state index contributed by atoms with van der Waals surface area (Å²) in [5.74, 6) is 0.475. The molecule has 1 aromatic carbocycles. The Kier molecular flexibility index (Phi) is 7.12. The highest BCUT2D eigenvalue weighted by atomic mass is 16.5. The SMILES string of the molecule is CC1CCN(CCC(=O)N2CCO[C@H](c3nccnc3-c3ccc(C(N)=O)cc3)C2)CC1. The van der Waals surface area contributed by atoms with Gasteiger partial charge in [0.25, 0.3) is 0 Å². The highest BCUT2D eigenvalue weighted by Gasteiger charge is 2.29. The number of nitrogens with zero attached hydrogens (tertiary/aromatic N) is 4. The summed E-state index contributed by atoms with van der Waals surface area (Å²) in [5, 5.41) is 0. The topological polar surface area (TPSA) is 102 Å². The van der Waals surface area contributed by atoms with Gasteiger partial charge in [0.05, 0.1) is 24.5 Å². The number of nitrogens with two attached hydrogens (primary N) is 1. The highest BCUT2D eigenvalue weighted by Crippen LogP contribution is 2.29. The van der Waals surface area contributed by atoms with E-state index in [9.17, 15) is 9.59 Å². The molecule has 0 radical (unpaired) electrons. The number of primary amides is 1. The van der Waals surface area contributed by atoms with Gasteiger partial charge in [-0.1, -0.05) is 19.1 Å². The van der Waals surface area contributed by atoms with Crippen molar-refractivity contribution in [2.24, 2.45) is 11.7 Å². The van der Waals surface area contributed by atoms with Crippen LogP contribution in [0.1, 0.15) is 48.3 Å². The van der Waals surface area contributed by atoms with Gasteiger partial charge < -0.3 is 20.3 Å². The molecule has 0 aliphatic carbocycles. The number of piperidine rings is 1. The fourth-order valence-electron chi connectivity index (χ4n) is 4.34. The second kappa shape index (κ2) is 10.2. The lowest BCUT2D eigenvalue weighted by Gasteiger charge is -2.34. The summed E-state index contributed by atoms with van der Waals surface area (Å²) < 4.78 is 5.99. The minimum Gasteiger partial charge on any atom is -0.368 e. The number of likely N-dealkylation sites (tertiary alicyclic amines) is 1. The van der Waals surface area contributed by atoms with E-state index in [-0.39, 0.29) is 12.0 Å². The van der Waals surface area contributed by atoms with Crippen LogP contribution >= 0.6 is 0 Å². The molecular formula is C24H31N5O3. The van der Waals surface area contributed by atoms with Crippen LogP contribution in [0.25, 0.3) is 11.3 Å². The molecule has 2 amide bonds. The number of rotatable bonds is 6. The van der Waals surface area contributed by atoms with Gasteiger partial charge >= 0.3 is 0 Å². The Morgan fingerprint density at radius 2 is 1.81 bits per heavy atom. The number of morpholine rings is 1. The molecule has 8 nitrogen and oxygen atoms in total. The third kappa shape index (κ3) is 5.31. The Hall–Kier alpha value is -2.84. The summed E-state index contributed by atoms with van der Waals surface area (Å²) in [4.78, 5) is 37.6. The van der Waals surface area contributed by atoms with Crippen LogP contribution in [0.3, 0.4) is 0 Å². The highest BCUT2D eigenvalue weighted by molar-refractivity contribution is 5.93. The monoisotopic (exact) mass is 437 g/mol. The maximum atomic E-state index is 12.9. The van der Waals surface area contributed by atoms with Crippen molar-refractivity contribution in [2.45, 2.75) is 32.3 Å².